The number of benzene rings is 2. The van der Waals surface area contributed by atoms with Gasteiger partial charge in [0.1, 0.15) is 12.3 Å². The minimum Gasteiger partial charge on any atom is -0.478 e. The second-order valence-electron chi connectivity index (χ2n) is 6.48. The number of anilines is 1. The summed E-state index contributed by atoms with van der Waals surface area (Å²) in [7, 11) is 0. The van der Waals surface area contributed by atoms with Gasteiger partial charge in [0.2, 0.25) is 0 Å². The summed E-state index contributed by atoms with van der Waals surface area (Å²) in [5.74, 6) is -1.77. The third-order valence-corrected chi connectivity index (χ3v) is 4.23. The van der Waals surface area contributed by atoms with Gasteiger partial charge in [-0.05, 0) is 44.2 Å². The molecule has 2 aromatic rings. The van der Waals surface area contributed by atoms with E-state index in [9.17, 15) is 24.8 Å². The number of hydrogen-bond acceptors (Lipinski definition) is 8. The van der Waals surface area contributed by atoms with Crippen LogP contribution in [0.3, 0.4) is 0 Å². The predicted octanol–water partition coefficient (Wildman–Crippen LogP) is 4.65. The van der Waals surface area contributed by atoms with Gasteiger partial charge in [-0.25, -0.2) is 9.59 Å². The van der Waals surface area contributed by atoms with Crippen LogP contribution in [0.15, 0.2) is 64.8 Å². The number of azo groups is 1. The van der Waals surface area contributed by atoms with Crippen LogP contribution >= 0.6 is 0 Å². The highest BCUT2D eigenvalue weighted by atomic mass is 16.6. The zero-order valence-corrected chi connectivity index (χ0v) is 17.1. The second-order valence-corrected chi connectivity index (χ2v) is 6.48. The van der Waals surface area contributed by atoms with Gasteiger partial charge in [-0.2, -0.15) is 5.11 Å². The molecule has 0 heterocycles. The number of aromatic carboxylic acids is 1. The average Bonchev–Trinajstić information content (AvgIpc) is 2.75. The topological polar surface area (TPSA) is 135 Å². The maximum Gasteiger partial charge on any atom is 0.338 e. The summed E-state index contributed by atoms with van der Waals surface area (Å²) < 4.78 is 5.12. The highest BCUT2D eigenvalue weighted by molar-refractivity contribution is 5.94. The normalized spacial score (nSPS) is 10.6. The van der Waals surface area contributed by atoms with Crippen molar-refractivity contribution in [1.82, 2.24) is 0 Å². The molecule has 2 aromatic carbocycles. The molecule has 0 aromatic heterocycles. The molecule has 0 saturated heterocycles. The average molecular weight is 426 g/mol. The maximum absolute atomic E-state index is 11.5. The van der Waals surface area contributed by atoms with Crippen molar-refractivity contribution < 1.29 is 24.4 Å². The molecule has 0 aliphatic heterocycles. The number of carboxylic acids is 1. The molecule has 10 nitrogen and oxygen atoms in total. The van der Waals surface area contributed by atoms with Gasteiger partial charge in [0.25, 0.3) is 5.69 Å². The highest BCUT2D eigenvalue weighted by Crippen LogP contribution is 2.27. The number of esters is 1. The van der Waals surface area contributed by atoms with Crippen molar-refractivity contribution in [2.24, 2.45) is 10.2 Å². The second kappa shape index (κ2) is 10.6. The van der Waals surface area contributed by atoms with Crippen LogP contribution in [0.2, 0.25) is 0 Å². The molecule has 31 heavy (non-hydrogen) atoms. The number of non-ortho nitro benzene ring substituents is 1. The van der Waals surface area contributed by atoms with Crippen LogP contribution in [0.1, 0.15) is 24.2 Å². The van der Waals surface area contributed by atoms with Crippen molar-refractivity contribution in [3.05, 3.63) is 70.3 Å². The van der Waals surface area contributed by atoms with Crippen LogP contribution in [0.4, 0.5) is 22.7 Å². The van der Waals surface area contributed by atoms with Gasteiger partial charge in [-0.1, -0.05) is 6.58 Å². The van der Waals surface area contributed by atoms with Crippen LogP contribution in [0, 0.1) is 10.1 Å². The SMILES string of the molecule is C=C(C)C(=O)OCCN(CC)c1ccc(/N=N/c2ccc([N+](=O)[O-])cc2C(=O)O)cc1. The molecule has 0 amide bonds. The van der Waals surface area contributed by atoms with E-state index in [1.165, 1.54) is 12.1 Å². The number of ether oxygens (including phenoxy) is 1. The summed E-state index contributed by atoms with van der Waals surface area (Å²) in [5.41, 5.74) is 1.07. The van der Waals surface area contributed by atoms with Crippen molar-refractivity contribution in [2.45, 2.75) is 13.8 Å². The number of nitrogens with zero attached hydrogens (tertiary/aromatic N) is 4. The number of rotatable bonds is 10. The summed E-state index contributed by atoms with van der Waals surface area (Å²) >= 11 is 0. The van der Waals surface area contributed by atoms with Crippen molar-refractivity contribution in [2.75, 3.05) is 24.6 Å². The molecule has 0 aliphatic rings. The number of nitro benzene ring substituents is 1. The van der Waals surface area contributed by atoms with E-state index < -0.39 is 16.9 Å². The fourth-order valence-electron chi connectivity index (χ4n) is 2.58. The van der Waals surface area contributed by atoms with E-state index >= 15 is 0 Å². The predicted molar refractivity (Wildman–Crippen MR) is 114 cm³/mol. The van der Waals surface area contributed by atoms with E-state index in [4.69, 9.17) is 4.74 Å². The van der Waals surface area contributed by atoms with Crippen molar-refractivity contribution >= 4 is 34.7 Å². The van der Waals surface area contributed by atoms with E-state index in [0.717, 1.165) is 11.8 Å². The minimum atomic E-state index is -1.33. The molecule has 0 unspecified atom stereocenters. The Morgan fingerprint density at radius 1 is 1.19 bits per heavy atom. The molecule has 0 spiro atoms. The van der Waals surface area contributed by atoms with Gasteiger partial charge in [0.15, 0.2) is 0 Å². The smallest absolute Gasteiger partial charge is 0.338 e. The van der Waals surface area contributed by atoms with Gasteiger partial charge in [-0.3, -0.25) is 10.1 Å². The van der Waals surface area contributed by atoms with Gasteiger partial charge in [-0.15, -0.1) is 5.11 Å². The number of carbonyl (C=O) groups is 2. The third-order valence-electron chi connectivity index (χ3n) is 4.23. The lowest BCUT2D eigenvalue weighted by Gasteiger charge is -2.22. The quantitative estimate of drug-likeness (QED) is 0.192. The standard InChI is InChI=1S/C21H22N4O6/c1-4-24(11-12-31-21(28)14(2)3)16-7-5-15(6-8-16)22-23-19-10-9-17(25(29)30)13-18(19)20(26)27/h5-10,13H,2,4,11-12H2,1,3H3,(H,26,27)/b23-22+. The van der Waals surface area contributed by atoms with Crippen LogP contribution in [0.25, 0.3) is 0 Å². The summed E-state index contributed by atoms with van der Waals surface area (Å²) in [6, 6.07) is 10.4. The maximum atomic E-state index is 11.5. The summed E-state index contributed by atoms with van der Waals surface area (Å²) in [5, 5.41) is 28.0. The minimum absolute atomic E-state index is 0.0108. The van der Waals surface area contributed by atoms with Gasteiger partial charge in [0.05, 0.1) is 22.7 Å². The molecule has 10 heteroatoms. The Bertz CT molecular complexity index is 1020. The van der Waals surface area contributed by atoms with Crippen molar-refractivity contribution in [3.8, 4) is 0 Å². The van der Waals surface area contributed by atoms with E-state index in [-0.39, 0.29) is 23.5 Å². The first-order valence-electron chi connectivity index (χ1n) is 9.34. The summed E-state index contributed by atoms with van der Waals surface area (Å²) in [6.07, 6.45) is 0. The molecule has 2 rings (SSSR count). The fourth-order valence-corrected chi connectivity index (χ4v) is 2.58. The zero-order valence-electron chi connectivity index (χ0n) is 17.1. The molecule has 1 N–H and O–H groups in total. The lowest BCUT2D eigenvalue weighted by Crippen LogP contribution is -2.28. The van der Waals surface area contributed by atoms with Crippen molar-refractivity contribution in [3.63, 3.8) is 0 Å². The Morgan fingerprint density at radius 3 is 2.42 bits per heavy atom. The first-order chi connectivity index (χ1) is 14.7. The van der Waals surface area contributed by atoms with Gasteiger partial charge < -0.3 is 14.7 Å². The van der Waals surface area contributed by atoms with Crippen LogP contribution in [-0.2, 0) is 9.53 Å². The summed E-state index contributed by atoms with van der Waals surface area (Å²) in [4.78, 5) is 35.0. The number of nitro groups is 1. The Morgan fingerprint density at radius 2 is 1.87 bits per heavy atom. The van der Waals surface area contributed by atoms with Crippen LogP contribution in [-0.4, -0.2) is 41.7 Å². The Hall–Kier alpha value is -4.08. The molecule has 0 atom stereocenters. The molecular weight excluding hydrogens is 404 g/mol. The van der Waals surface area contributed by atoms with Crippen molar-refractivity contribution in [1.29, 1.82) is 0 Å². The van der Waals surface area contributed by atoms with E-state index in [1.54, 1.807) is 19.1 Å². The lowest BCUT2D eigenvalue weighted by atomic mass is 10.1. The van der Waals surface area contributed by atoms with Gasteiger partial charge in [0, 0.05) is 29.9 Å². The molecule has 0 aliphatic carbocycles. The zero-order chi connectivity index (χ0) is 23.0. The highest BCUT2D eigenvalue weighted by Gasteiger charge is 2.16. The van der Waals surface area contributed by atoms with E-state index in [2.05, 4.69) is 16.8 Å². The number of carbonyl (C=O) groups excluding carboxylic acids is 1. The Labute approximate surface area is 178 Å². The molecular formula is C21H22N4O6. The first-order valence-corrected chi connectivity index (χ1v) is 9.34. The molecule has 0 fully saturated rings. The summed E-state index contributed by atoms with van der Waals surface area (Å²) in [6.45, 7) is 8.51. The number of carboxylic acid groups (broad SMARTS) is 1. The van der Waals surface area contributed by atoms with E-state index in [1.807, 2.05) is 24.0 Å². The first kappa shape index (κ1) is 23.2. The van der Waals surface area contributed by atoms with Crippen LogP contribution in [0.5, 0.6) is 0 Å². The number of hydrogen-bond donors (Lipinski definition) is 1. The lowest BCUT2D eigenvalue weighted by molar-refractivity contribution is -0.384. The Kier molecular flexibility index (Phi) is 7.95. The largest absolute Gasteiger partial charge is 0.478 e. The molecule has 0 radical (unpaired) electrons. The monoisotopic (exact) mass is 426 g/mol. The van der Waals surface area contributed by atoms with E-state index in [0.29, 0.717) is 24.4 Å². The third kappa shape index (κ3) is 6.46. The van der Waals surface area contributed by atoms with Gasteiger partial charge >= 0.3 is 11.9 Å². The molecule has 162 valence electrons. The fraction of sp³-hybridized carbons (Fsp3) is 0.238. The number of likely N-dealkylation sites (N-methyl/N-ethyl adjacent to an activating group) is 1. The Balaban J connectivity index is 2.10. The molecule has 0 bridgehead atoms. The molecule has 0 saturated carbocycles. The van der Waals surface area contributed by atoms with Crippen LogP contribution < -0.4 is 4.90 Å².